The van der Waals surface area contributed by atoms with Crippen LogP contribution in [0.4, 0.5) is 4.79 Å². The molecule has 0 fully saturated rings. The second kappa shape index (κ2) is 9.68. The van der Waals surface area contributed by atoms with Crippen molar-refractivity contribution in [3.05, 3.63) is 35.4 Å². The van der Waals surface area contributed by atoms with Gasteiger partial charge in [-0.2, -0.15) is 11.8 Å². The summed E-state index contributed by atoms with van der Waals surface area (Å²) in [6.45, 7) is 4.17. The molecule has 2 amide bonds. The molecule has 0 aromatic heterocycles. The number of aliphatic hydroxyl groups excluding tert-OH is 1. The first-order chi connectivity index (χ1) is 10.1. The molecule has 1 rings (SSSR count). The van der Waals surface area contributed by atoms with Gasteiger partial charge in [0, 0.05) is 18.4 Å². The maximum Gasteiger partial charge on any atom is 0.315 e. The average Bonchev–Trinajstić information content (AvgIpc) is 2.47. The second-order valence-corrected chi connectivity index (χ2v) is 6.01. The SMILES string of the molecule is CCc1ccc(C(C)NC(=O)NC(CCO)CSC)cc1. The number of aliphatic hydroxyl groups is 1. The van der Waals surface area contributed by atoms with Gasteiger partial charge in [-0.3, -0.25) is 0 Å². The van der Waals surface area contributed by atoms with Crippen LogP contribution in [0.2, 0.25) is 0 Å². The van der Waals surface area contributed by atoms with Crippen molar-refractivity contribution in [3.8, 4) is 0 Å². The summed E-state index contributed by atoms with van der Waals surface area (Å²) in [6, 6.07) is 8.06. The highest BCUT2D eigenvalue weighted by molar-refractivity contribution is 7.98. The summed E-state index contributed by atoms with van der Waals surface area (Å²) in [5.74, 6) is 0.799. The zero-order chi connectivity index (χ0) is 15.7. The van der Waals surface area contributed by atoms with Crippen LogP contribution in [0.3, 0.4) is 0 Å². The van der Waals surface area contributed by atoms with Crippen molar-refractivity contribution < 1.29 is 9.90 Å². The molecule has 5 heteroatoms. The molecule has 0 saturated carbocycles. The molecule has 1 aromatic rings. The summed E-state index contributed by atoms with van der Waals surface area (Å²) in [6.07, 6.45) is 3.58. The zero-order valence-corrected chi connectivity index (χ0v) is 13.9. The summed E-state index contributed by atoms with van der Waals surface area (Å²) in [5.41, 5.74) is 2.38. The van der Waals surface area contributed by atoms with Crippen LogP contribution in [0.15, 0.2) is 24.3 Å². The maximum atomic E-state index is 12.0. The van der Waals surface area contributed by atoms with Gasteiger partial charge in [-0.15, -0.1) is 0 Å². The van der Waals surface area contributed by atoms with Gasteiger partial charge in [0.2, 0.25) is 0 Å². The van der Waals surface area contributed by atoms with E-state index in [-0.39, 0.29) is 24.7 Å². The first-order valence-corrected chi connectivity index (χ1v) is 8.75. The first kappa shape index (κ1) is 17.9. The van der Waals surface area contributed by atoms with E-state index in [1.807, 2.05) is 13.2 Å². The third kappa shape index (κ3) is 6.40. The van der Waals surface area contributed by atoms with Crippen molar-refractivity contribution in [1.82, 2.24) is 10.6 Å². The van der Waals surface area contributed by atoms with E-state index in [1.54, 1.807) is 11.8 Å². The Morgan fingerprint density at radius 2 is 1.95 bits per heavy atom. The lowest BCUT2D eigenvalue weighted by molar-refractivity contribution is 0.229. The molecule has 0 heterocycles. The molecule has 118 valence electrons. The van der Waals surface area contributed by atoms with Gasteiger partial charge in [0.15, 0.2) is 0 Å². The van der Waals surface area contributed by atoms with Gasteiger partial charge in [-0.05, 0) is 37.1 Å². The van der Waals surface area contributed by atoms with E-state index in [2.05, 4.69) is 41.8 Å². The third-order valence-corrected chi connectivity index (χ3v) is 4.15. The lowest BCUT2D eigenvalue weighted by Crippen LogP contribution is -2.44. The number of carbonyl (C=O) groups excluding carboxylic acids is 1. The number of hydrogen-bond acceptors (Lipinski definition) is 3. The van der Waals surface area contributed by atoms with Gasteiger partial charge in [-0.1, -0.05) is 31.2 Å². The Morgan fingerprint density at radius 1 is 1.29 bits per heavy atom. The zero-order valence-electron chi connectivity index (χ0n) is 13.1. The van der Waals surface area contributed by atoms with Crippen LogP contribution in [-0.4, -0.2) is 35.8 Å². The molecule has 0 aliphatic rings. The summed E-state index contributed by atoms with van der Waals surface area (Å²) < 4.78 is 0. The van der Waals surface area contributed by atoms with E-state index in [4.69, 9.17) is 5.11 Å². The van der Waals surface area contributed by atoms with E-state index in [0.29, 0.717) is 6.42 Å². The molecule has 21 heavy (non-hydrogen) atoms. The standard InChI is InChI=1S/C16H26N2O2S/c1-4-13-5-7-14(8-6-13)12(2)17-16(20)18-15(9-10-19)11-21-3/h5-8,12,15,19H,4,9-11H2,1-3H3,(H2,17,18,20). The Hall–Kier alpha value is -1.20. The maximum absolute atomic E-state index is 12.0. The number of benzene rings is 1. The third-order valence-electron chi connectivity index (χ3n) is 3.42. The lowest BCUT2D eigenvalue weighted by Gasteiger charge is -2.20. The number of carbonyl (C=O) groups is 1. The molecular formula is C16H26N2O2S. The van der Waals surface area contributed by atoms with Crippen molar-refractivity contribution in [3.63, 3.8) is 0 Å². The number of hydrogen-bond donors (Lipinski definition) is 3. The Bertz CT molecular complexity index is 417. The van der Waals surface area contributed by atoms with E-state index in [1.165, 1.54) is 5.56 Å². The summed E-state index contributed by atoms with van der Waals surface area (Å²) >= 11 is 1.66. The monoisotopic (exact) mass is 310 g/mol. The number of amides is 2. The molecule has 0 aliphatic carbocycles. The van der Waals surface area contributed by atoms with Crippen LogP contribution >= 0.6 is 11.8 Å². The fraction of sp³-hybridized carbons (Fsp3) is 0.562. The fourth-order valence-corrected chi connectivity index (χ4v) is 2.76. The first-order valence-electron chi connectivity index (χ1n) is 7.36. The highest BCUT2D eigenvalue weighted by Gasteiger charge is 2.14. The quantitative estimate of drug-likeness (QED) is 0.692. The Balaban J connectivity index is 2.51. The van der Waals surface area contributed by atoms with Gasteiger partial charge in [0.05, 0.1) is 6.04 Å². The van der Waals surface area contributed by atoms with Crippen LogP contribution in [0.1, 0.15) is 37.4 Å². The normalized spacial score (nSPS) is 13.5. The number of thioether (sulfide) groups is 1. The number of urea groups is 1. The van der Waals surface area contributed by atoms with E-state index in [9.17, 15) is 4.79 Å². The van der Waals surface area contributed by atoms with E-state index in [0.717, 1.165) is 17.7 Å². The van der Waals surface area contributed by atoms with Crippen molar-refractivity contribution in [2.45, 2.75) is 38.8 Å². The Labute approximate surface area is 131 Å². The van der Waals surface area contributed by atoms with Crippen LogP contribution in [-0.2, 0) is 6.42 Å². The summed E-state index contributed by atoms with van der Waals surface area (Å²) in [5, 5.41) is 14.9. The van der Waals surface area contributed by atoms with E-state index < -0.39 is 0 Å². The van der Waals surface area contributed by atoms with Gasteiger partial charge in [0.25, 0.3) is 0 Å². The second-order valence-electron chi connectivity index (χ2n) is 5.10. The van der Waals surface area contributed by atoms with Crippen molar-refractivity contribution in [2.75, 3.05) is 18.6 Å². The highest BCUT2D eigenvalue weighted by atomic mass is 32.2. The number of rotatable bonds is 8. The molecule has 2 atom stereocenters. The molecule has 0 aliphatic heterocycles. The topological polar surface area (TPSA) is 61.4 Å². The molecule has 2 unspecified atom stereocenters. The number of aryl methyl sites for hydroxylation is 1. The Morgan fingerprint density at radius 3 is 2.48 bits per heavy atom. The predicted molar refractivity (Wildman–Crippen MR) is 89.8 cm³/mol. The molecule has 0 spiro atoms. The molecule has 0 saturated heterocycles. The van der Waals surface area contributed by atoms with Crippen LogP contribution < -0.4 is 10.6 Å². The molecule has 4 nitrogen and oxygen atoms in total. The van der Waals surface area contributed by atoms with Crippen LogP contribution in [0.5, 0.6) is 0 Å². The van der Waals surface area contributed by atoms with Gasteiger partial charge < -0.3 is 15.7 Å². The van der Waals surface area contributed by atoms with Gasteiger partial charge >= 0.3 is 6.03 Å². The average molecular weight is 310 g/mol. The Kier molecular flexibility index (Phi) is 8.23. The molecule has 0 bridgehead atoms. The smallest absolute Gasteiger partial charge is 0.315 e. The van der Waals surface area contributed by atoms with Crippen LogP contribution in [0, 0.1) is 0 Å². The minimum absolute atomic E-state index is 0.000308. The van der Waals surface area contributed by atoms with Gasteiger partial charge in [0.1, 0.15) is 0 Å². The minimum atomic E-state index is -0.186. The van der Waals surface area contributed by atoms with Crippen molar-refractivity contribution >= 4 is 17.8 Å². The largest absolute Gasteiger partial charge is 0.396 e. The molecule has 0 radical (unpaired) electrons. The molecular weight excluding hydrogens is 284 g/mol. The summed E-state index contributed by atoms with van der Waals surface area (Å²) in [4.78, 5) is 12.0. The summed E-state index contributed by atoms with van der Waals surface area (Å²) in [7, 11) is 0. The minimum Gasteiger partial charge on any atom is -0.396 e. The number of nitrogens with one attached hydrogen (secondary N) is 2. The van der Waals surface area contributed by atoms with Crippen LogP contribution in [0.25, 0.3) is 0 Å². The van der Waals surface area contributed by atoms with Crippen molar-refractivity contribution in [1.29, 1.82) is 0 Å². The lowest BCUT2D eigenvalue weighted by atomic mass is 10.1. The van der Waals surface area contributed by atoms with Gasteiger partial charge in [-0.25, -0.2) is 4.79 Å². The fourth-order valence-electron chi connectivity index (χ4n) is 2.10. The van der Waals surface area contributed by atoms with Crippen molar-refractivity contribution in [2.24, 2.45) is 0 Å². The molecule has 3 N–H and O–H groups in total. The molecule has 1 aromatic carbocycles. The highest BCUT2D eigenvalue weighted by Crippen LogP contribution is 2.13. The predicted octanol–water partition coefficient (Wildman–Crippen LogP) is 2.72. The van der Waals surface area contributed by atoms with E-state index >= 15 is 0 Å².